The first-order valence-electron chi connectivity index (χ1n) is 9.04. The third-order valence-corrected chi connectivity index (χ3v) is 5.77. The van der Waals surface area contributed by atoms with E-state index in [0.717, 1.165) is 11.8 Å². The summed E-state index contributed by atoms with van der Waals surface area (Å²) in [7, 11) is -1.99. The average molecular weight is 445 g/mol. The van der Waals surface area contributed by atoms with E-state index < -0.39 is 10.0 Å². The van der Waals surface area contributed by atoms with Gasteiger partial charge in [0.25, 0.3) is 5.91 Å². The van der Waals surface area contributed by atoms with Crippen LogP contribution in [0.3, 0.4) is 0 Å². The number of hydrogen-bond acceptors (Lipinski definition) is 4. The zero-order valence-corrected chi connectivity index (χ0v) is 18.1. The van der Waals surface area contributed by atoms with E-state index >= 15 is 0 Å². The van der Waals surface area contributed by atoms with Crippen LogP contribution in [0.5, 0.6) is 5.75 Å². The molecule has 0 saturated heterocycles. The number of halogens is 1. The lowest BCUT2D eigenvalue weighted by atomic mass is 10.1. The molecule has 8 heteroatoms. The lowest BCUT2D eigenvalue weighted by molar-refractivity contribution is 0.102. The molecule has 0 heterocycles. The first-order chi connectivity index (χ1) is 14.3. The highest BCUT2D eigenvalue weighted by atomic mass is 35.5. The molecule has 0 aliphatic carbocycles. The molecule has 6 nitrogen and oxygen atoms in total. The van der Waals surface area contributed by atoms with E-state index in [-0.39, 0.29) is 12.5 Å². The van der Waals surface area contributed by atoms with Crippen LogP contribution in [0.2, 0.25) is 5.02 Å². The van der Waals surface area contributed by atoms with Crippen molar-refractivity contribution in [1.29, 1.82) is 0 Å². The minimum atomic E-state index is -3.53. The third-order valence-electron chi connectivity index (χ3n) is 4.39. The largest absolute Gasteiger partial charge is 0.495 e. The number of sulfonamides is 1. The van der Waals surface area contributed by atoms with Gasteiger partial charge in [0.05, 0.1) is 31.3 Å². The van der Waals surface area contributed by atoms with Gasteiger partial charge in [-0.2, -0.15) is 0 Å². The van der Waals surface area contributed by atoms with Crippen molar-refractivity contribution in [3.05, 3.63) is 88.9 Å². The number of benzene rings is 3. The van der Waals surface area contributed by atoms with Crippen LogP contribution < -0.4 is 14.4 Å². The highest BCUT2D eigenvalue weighted by Crippen LogP contribution is 2.25. The van der Waals surface area contributed by atoms with Gasteiger partial charge < -0.3 is 10.1 Å². The Morgan fingerprint density at radius 1 is 1.03 bits per heavy atom. The second-order valence-electron chi connectivity index (χ2n) is 6.60. The lowest BCUT2D eigenvalue weighted by Gasteiger charge is -2.22. The molecule has 156 valence electrons. The number of methoxy groups -OCH3 is 1. The minimum absolute atomic E-state index is 0.119. The molecule has 0 bridgehead atoms. The van der Waals surface area contributed by atoms with Crippen molar-refractivity contribution in [1.82, 2.24) is 0 Å². The van der Waals surface area contributed by atoms with Crippen molar-refractivity contribution >= 4 is 38.9 Å². The van der Waals surface area contributed by atoms with Crippen LogP contribution in [-0.4, -0.2) is 27.7 Å². The monoisotopic (exact) mass is 444 g/mol. The zero-order valence-electron chi connectivity index (χ0n) is 16.5. The maximum absolute atomic E-state index is 12.5. The molecular formula is C22H21ClN2O4S. The van der Waals surface area contributed by atoms with E-state index in [0.29, 0.717) is 27.7 Å². The predicted octanol–water partition coefficient (Wildman–Crippen LogP) is 4.57. The Balaban J connectivity index is 1.78. The number of amides is 1. The summed E-state index contributed by atoms with van der Waals surface area (Å²) in [5.74, 6) is 0.272. The van der Waals surface area contributed by atoms with Gasteiger partial charge in [-0.1, -0.05) is 41.9 Å². The summed E-state index contributed by atoms with van der Waals surface area (Å²) in [5, 5.41) is 3.26. The summed E-state index contributed by atoms with van der Waals surface area (Å²) in [5.41, 5.74) is 2.22. The van der Waals surface area contributed by atoms with Crippen LogP contribution in [0, 0.1) is 0 Å². The summed E-state index contributed by atoms with van der Waals surface area (Å²) >= 11 is 6.01. The van der Waals surface area contributed by atoms with Crippen molar-refractivity contribution in [2.75, 3.05) is 23.0 Å². The summed E-state index contributed by atoms with van der Waals surface area (Å²) in [6.07, 6.45) is 1.14. The molecule has 0 atom stereocenters. The van der Waals surface area contributed by atoms with Crippen LogP contribution >= 0.6 is 11.6 Å². The van der Waals surface area contributed by atoms with E-state index in [1.807, 2.05) is 6.07 Å². The van der Waals surface area contributed by atoms with Gasteiger partial charge in [-0.25, -0.2) is 8.42 Å². The molecule has 0 aliphatic rings. The number of carbonyl (C=O) groups excluding carboxylic acids is 1. The molecule has 0 aliphatic heterocycles. The van der Waals surface area contributed by atoms with Crippen molar-refractivity contribution in [3.63, 3.8) is 0 Å². The van der Waals surface area contributed by atoms with Gasteiger partial charge in [0.1, 0.15) is 5.75 Å². The van der Waals surface area contributed by atoms with E-state index in [9.17, 15) is 13.2 Å². The van der Waals surface area contributed by atoms with Crippen molar-refractivity contribution in [2.24, 2.45) is 0 Å². The normalized spacial score (nSPS) is 11.0. The van der Waals surface area contributed by atoms with Gasteiger partial charge in [-0.3, -0.25) is 9.10 Å². The molecule has 0 radical (unpaired) electrons. The lowest BCUT2D eigenvalue weighted by Crippen LogP contribution is -2.29. The Labute approximate surface area is 181 Å². The molecule has 3 aromatic carbocycles. The molecule has 30 heavy (non-hydrogen) atoms. The van der Waals surface area contributed by atoms with Gasteiger partial charge in [0.2, 0.25) is 10.0 Å². The Kier molecular flexibility index (Phi) is 6.64. The summed E-state index contributed by atoms with van der Waals surface area (Å²) in [6, 6.07) is 20.5. The quantitative estimate of drug-likeness (QED) is 0.579. The highest BCUT2D eigenvalue weighted by molar-refractivity contribution is 7.92. The number of hydrogen-bond donors (Lipinski definition) is 1. The van der Waals surface area contributed by atoms with Crippen molar-refractivity contribution < 1.29 is 17.9 Å². The van der Waals surface area contributed by atoms with Crippen LogP contribution in [0.4, 0.5) is 11.4 Å². The topological polar surface area (TPSA) is 75.7 Å². The van der Waals surface area contributed by atoms with Gasteiger partial charge in [0, 0.05) is 10.6 Å². The standard InChI is InChI=1S/C22H21ClN2O4S/c1-29-21-9-4-3-8-20(21)24-22(26)17-12-10-16(11-13-17)15-25(30(2,27)28)19-7-5-6-18(23)14-19/h3-14H,15H2,1-2H3,(H,24,26). The molecule has 1 N–H and O–H groups in total. The van der Waals surface area contributed by atoms with E-state index in [1.165, 1.54) is 11.4 Å². The SMILES string of the molecule is COc1ccccc1NC(=O)c1ccc(CN(c2cccc(Cl)c2)S(C)(=O)=O)cc1. The molecule has 3 aromatic rings. The minimum Gasteiger partial charge on any atom is -0.495 e. The van der Waals surface area contributed by atoms with Gasteiger partial charge in [-0.15, -0.1) is 0 Å². The average Bonchev–Trinajstić information content (AvgIpc) is 2.72. The van der Waals surface area contributed by atoms with E-state index in [4.69, 9.17) is 16.3 Å². The van der Waals surface area contributed by atoms with Gasteiger partial charge in [0.15, 0.2) is 0 Å². The third kappa shape index (κ3) is 5.31. The van der Waals surface area contributed by atoms with E-state index in [1.54, 1.807) is 66.7 Å². The highest BCUT2D eigenvalue weighted by Gasteiger charge is 2.18. The summed E-state index contributed by atoms with van der Waals surface area (Å²) in [6.45, 7) is 0.119. The van der Waals surface area contributed by atoms with Crippen LogP contribution in [0.25, 0.3) is 0 Å². The first-order valence-corrected chi connectivity index (χ1v) is 11.3. The molecular weight excluding hydrogens is 424 g/mol. The Bertz CT molecular complexity index is 1150. The zero-order chi connectivity index (χ0) is 21.7. The van der Waals surface area contributed by atoms with Crippen LogP contribution in [-0.2, 0) is 16.6 Å². The number of anilines is 2. The molecule has 0 saturated carbocycles. The number of rotatable bonds is 7. The van der Waals surface area contributed by atoms with Crippen molar-refractivity contribution in [3.8, 4) is 5.75 Å². The molecule has 0 aromatic heterocycles. The number of nitrogens with one attached hydrogen (secondary N) is 1. The second kappa shape index (κ2) is 9.19. The van der Waals surface area contributed by atoms with Crippen LogP contribution in [0.1, 0.15) is 15.9 Å². The van der Waals surface area contributed by atoms with Crippen molar-refractivity contribution in [2.45, 2.75) is 6.54 Å². The summed E-state index contributed by atoms with van der Waals surface area (Å²) < 4.78 is 31.1. The first kappa shape index (κ1) is 21.7. The summed E-state index contributed by atoms with van der Waals surface area (Å²) in [4.78, 5) is 12.5. The fourth-order valence-corrected chi connectivity index (χ4v) is 3.97. The Morgan fingerprint density at radius 3 is 2.37 bits per heavy atom. The molecule has 0 unspecified atom stereocenters. The van der Waals surface area contributed by atoms with Gasteiger partial charge >= 0.3 is 0 Å². The van der Waals surface area contributed by atoms with Crippen LogP contribution in [0.15, 0.2) is 72.8 Å². The predicted molar refractivity (Wildman–Crippen MR) is 120 cm³/mol. The maximum Gasteiger partial charge on any atom is 0.255 e. The Hall–Kier alpha value is -3.03. The second-order valence-corrected chi connectivity index (χ2v) is 8.94. The van der Waals surface area contributed by atoms with Gasteiger partial charge in [-0.05, 0) is 48.0 Å². The molecule has 0 spiro atoms. The number of carbonyl (C=O) groups is 1. The Morgan fingerprint density at radius 2 is 1.73 bits per heavy atom. The molecule has 0 fully saturated rings. The fraction of sp³-hybridized carbons (Fsp3) is 0.136. The molecule has 1 amide bonds. The smallest absolute Gasteiger partial charge is 0.255 e. The number of para-hydroxylation sites is 2. The fourth-order valence-electron chi connectivity index (χ4n) is 2.90. The van der Waals surface area contributed by atoms with E-state index in [2.05, 4.69) is 5.32 Å². The number of ether oxygens (including phenoxy) is 1. The maximum atomic E-state index is 12.5. The number of nitrogens with zero attached hydrogens (tertiary/aromatic N) is 1. The molecule has 3 rings (SSSR count).